The van der Waals surface area contributed by atoms with E-state index in [9.17, 15) is 4.79 Å². The summed E-state index contributed by atoms with van der Waals surface area (Å²) in [5.41, 5.74) is -0.349. The number of carbonyl (C=O) groups is 1. The SMILES string of the molecule is COC(=O)C1(N[Si](C)(C)C(C)(C)C)CC1. The van der Waals surface area contributed by atoms with Crippen molar-refractivity contribution in [2.75, 3.05) is 7.11 Å². The molecule has 0 bridgehead atoms. The highest BCUT2D eigenvalue weighted by Crippen LogP contribution is 2.42. The molecule has 1 fully saturated rings. The van der Waals surface area contributed by atoms with Crippen LogP contribution in [0.3, 0.4) is 0 Å². The Hall–Kier alpha value is -0.353. The summed E-state index contributed by atoms with van der Waals surface area (Å²) in [5, 5.41) is 0.247. The van der Waals surface area contributed by atoms with Crippen molar-refractivity contribution in [2.24, 2.45) is 0 Å². The fraction of sp³-hybridized carbons (Fsp3) is 0.909. The van der Waals surface area contributed by atoms with Crippen LogP contribution in [0.25, 0.3) is 0 Å². The number of rotatable bonds is 3. The molecule has 0 radical (unpaired) electrons. The summed E-state index contributed by atoms with van der Waals surface area (Å²) in [6, 6.07) is 0. The van der Waals surface area contributed by atoms with E-state index in [2.05, 4.69) is 38.8 Å². The van der Waals surface area contributed by atoms with Gasteiger partial charge >= 0.3 is 5.97 Å². The molecule has 15 heavy (non-hydrogen) atoms. The second-order valence-corrected chi connectivity index (χ2v) is 11.1. The molecule has 0 unspecified atom stereocenters. The molecular weight excluding hydrogens is 206 g/mol. The van der Waals surface area contributed by atoms with Gasteiger partial charge in [-0.05, 0) is 17.9 Å². The summed E-state index contributed by atoms with van der Waals surface area (Å²) < 4.78 is 4.86. The molecule has 0 aromatic rings. The minimum Gasteiger partial charge on any atom is -0.468 e. The first-order valence-corrected chi connectivity index (χ1v) is 8.52. The Morgan fingerprint density at radius 1 is 1.33 bits per heavy atom. The van der Waals surface area contributed by atoms with Gasteiger partial charge in [-0.25, -0.2) is 0 Å². The summed E-state index contributed by atoms with van der Waals surface area (Å²) in [5.74, 6) is -0.0904. The number of ether oxygens (including phenoxy) is 1. The van der Waals surface area contributed by atoms with Gasteiger partial charge in [0.25, 0.3) is 0 Å². The molecule has 1 aliphatic carbocycles. The zero-order valence-corrected chi connectivity index (χ0v) is 11.7. The largest absolute Gasteiger partial charge is 0.468 e. The molecule has 4 heteroatoms. The van der Waals surface area contributed by atoms with Crippen LogP contribution in [0, 0.1) is 0 Å². The summed E-state index contributed by atoms with van der Waals surface area (Å²) in [7, 11) is -0.140. The van der Waals surface area contributed by atoms with Crippen LogP contribution in [-0.4, -0.2) is 26.9 Å². The van der Waals surface area contributed by atoms with Crippen molar-refractivity contribution in [1.29, 1.82) is 0 Å². The van der Waals surface area contributed by atoms with Crippen LogP contribution in [0.15, 0.2) is 0 Å². The molecule has 0 aromatic carbocycles. The third-order valence-corrected chi connectivity index (χ3v) is 8.61. The molecule has 0 amide bonds. The Morgan fingerprint density at radius 3 is 2.07 bits per heavy atom. The van der Waals surface area contributed by atoms with E-state index in [4.69, 9.17) is 4.74 Å². The van der Waals surface area contributed by atoms with Crippen LogP contribution in [0.1, 0.15) is 33.6 Å². The van der Waals surface area contributed by atoms with Gasteiger partial charge in [-0.3, -0.25) is 4.79 Å². The minimum absolute atomic E-state index is 0.0904. The molecule has 1 rings (SSSR count). The fourth-order valence-electron chi connectivity index (χ4n) is 1.49. The lowest BCUT2D eigenvalue weighted by Gasteiger charge is -2.40. The Bertz CT molecular complexity index is 264. The molecule has 0 spiro atoms. The number of hydrogen-bond acceptors (Lipinski definition) is 3. The zero-order valence-electron chi connectivity index (χ0n) is 10.7. The number of nitrogens with one attached hydrogen (secondary N) is 1. The molecular formula is C11H23NO2Si. The van der Waals surface area contributed by atoms with Gasteiger partial charge in [0.15, 0.2) is 0 Å². The first-order valence-electron chi connectivity index (χ1n) is 5.52. The van der Waals surface area contributed by atoms with Crippen molar-refractivity contribution >= 4 is 14.2 Å². The smallest absolute Gasteiger partial charge is 0.325 e. The third-order valence-electron chi connectivity index (χ3n) is 3.75. The zero-order chi connectivity index (χ0) is 11.9. The molecule has 0 atom stereocenters. The van der Waals surface area contributed by atoms with Gasteiger partial charge < -0.3 is 9.72 Å². The van der Waals surface area contributed by atoms with Crippen molar-refractivity contribution < 1.29 is 9.53 Å². The van der Waals surface area contributed by atoms with Crippen molar-refractivity contribution in [3.05, 3.63) is 0 Å². The van der Waals surface area contributed by atoms with Crippen LogP contribution < -0.4 is 4.98 Å². The fourth-order valence-corrected chi connectivity index (χ4v) is 3.41. The van der Waals surface area contributed by atoms with Gasteiger partial charge in [0.05, 0.1) is 7.11 Å². The molecule has 0 aliphatic heterocycles. The van der Waals surface area contributed by atoms with Gasteiger partial charge in [-0.1, -0.05) is 33.9 Å². The van der Waals surface area contributed by atoms with Gasteiger partial charge in [0.2, 0.25) is 0 Å². The van der Waals surface area contributed by atoms with Crippen LogP contribution in [-0.2, 0) is 9.53 Å². The van der Waals surface area contributed by atoms with E-state index in [0.29, 0.717) is 0 Å². The maximum absolute atomic E-state index is 11.6. The minimum atomic E-state index is -1.61. The predicted molar refractivity (Wildman–Crippen MR) is 64.3 cm³/mol. The summed E-state index contributed by atoms with van der Waals surface area (Å²) in [6.07, 6.45) is 1.85. The van der Waals surface area contributed by atoms with E-state index < -0.39 is 8.24 Å². The second-order valence-electron chi connectivity index (χ2n) is 6.07. The first-order chi connectivity index (χ1) is 6.65. The first kappa shape index (κ1) is 12.7. The van der Waals surface area contributed by atoms with E-state index in [1.54, 1.807) is 0 Å². The van der Waals surface area contributed by atoms with Gasteiger partial charge in [-0.2, -0.15) is 0 Å². The summed E-state index contributed by atoms with van der Waals surface area (Å²) in [4.78, 5) is 15.2. The number of hydrogen-bond donors (Lipinski definition) is 1. The highest BCUT2D eigenvalue weighted by Gasteiger charge is 2.55. The average molecular weight is 229 g/mol. The van der Waals surface area contributed by atoms with Crippen LogP contribution >= 0.6 is 0 Å². The van der Waals surface area contributed by atoms with Gasteiger partial charge in [0, 0.05) is 0 Å². The maximum Gasteiger partial charge on any atom is 0.325 e. The number of carbonyl (C=O) groups excluding carboxylic acids is 1. The normalized spacial score (nSPS) is 19.9. The average Bonchev–Trinajstić information content (AvgIpc) is 2.81. The van der Waals surface area contributed by atoms with Crippen molar-refractivity contribution in [3.63, 3.8) is 0 Å². The van der Waals surface area contributed by atoms with Crippen LogP contribution in [0.2, 0.25) is 18.1 Å². The third kappa shape index (κ3) is 2.42. The molecule has 0 heterocycles. The standard InChI is InChI=1S/C11H23NO2Si/c1-10(2,3)15(5,6)12-11(7-8-11)9(13)14-4/h12H,7-8H2,1-6H3. The van der Waals surface area contributed by atoms with Crippen LogP contribution in [0.5, 0.6) is 0 Å². The highest BCUT2D eigenvalue weighted by atomic mass is 28.3. The number of methoxy groups -OCH3 is 1. The lowest BCUT2D eigenvalue weighted by molar-refractivity contribution is -0.143. The van der Waals surface area contributed by atoms with Gasteiger partial charge in [-0.15, -0.1) is 0 Å². The highest BCUT2D eigenvalue weighted by molar-refractivity contribution is 6.78. The molecule has 0 saturated heterocycles. The lowest BCUT2D eigenvalue weighted by atomic mass is 10.2. The Morgan fingerprint density at radius 2 is 1.80 bits per heavy atom. The van der Waals surface area contributed by atoms with Crippen molar-refractivity contribution in [1.82, 2.24) is 4.98 Å². The summed E-state index contributed by atoms with van der Waals surface area (Å²) >= 11 is 0. The van der Waals surface area contributed by atoms with Crippen molar-refractivity contribution in [3.8, 4) is 0 Å². The maximum atomic E-state index is 11.6. The Balaban J connectivity index is 2.74. The topological polar surface area (TPSA) is 38.3 Å². The Kier molecular flexibility index (Phi) is 3.05. The molecule has 1 N–H and O–H groups in total. The van der Waals surface area contributed by atoms with E-state index in [1.807, 2.05) is 0 Å². The molecule has 0 aromatic heterocycles. The lowest BCUT2D eigenvalue weighted by Crippen LogP contribution is -2.60. The monoisotopic (exact) mass is 229 g/mol. The predicted octanol–water partition coefficient (Wildman–Crippen LogP) is 2.29. The van der Waals surface area contributed by atoms with Crippen molar-refractivity contribution in [2.45, 2.75) is 57.3 Å². The summed E-state index contributed by atoms with van der Waals surface area (Å²) in [6.45, 7) is 11.3. The van der Waals surface area contributed by atoms with E-state index in [1.165, 1.54) is 7.11 Å². The Labute approximate surface area is 93.7 Å². The molecule has 88 valence electrons. The molecule has 1 saturated carbocycles. The molecule has 3 nitrogen and oxygen atoms in total. The van der Waals surface area contributed by atoms with E-state index in [-0.39, 0.29) is 16.5 Å². The van der Waals surface area contributed by atoms with E-state index in [0.717, 1.165) is 12.8 Å². The van der Waals surface area contributed by atoms with Crippen LogP contribution in [0.4, 0.5) is 0 Å². The quantitative estimate of drug-likeness (QED) is 0.596. The number of esters is 1. The second kappa shape index (κ2) is 3.59. The van der Waals surface area contributed by atoms with E-state index >= 15 is 0 Å². The molecule has 1 aliphatic rings. The van der Waals surface area contributed by atoms with Gasteiger partial charge in [0.1, 0.15) is 13.8 Å².